The number of amides is 2. The number of hydrogen-bond acceptors (Lipinski definition) is 7. The molecule has 2 heterocycles. The fourth-order valence-electron chi connectivity index (χ4n) is 3.98. The van der Waals surface area contributed by atoms with E-state index in [1.54, 1.807) is 12.1 Å². The minimum absolute atomic E-state index is 0.0290. The molecule has 9 nitrogen and oxygen atoms in total. The highest BCUT2D eigenvalue weighted by atomic mass is 32.2. The lowest BCUT2D eigenvalue weighted by atomic mass is 9.97. The second kappa shape index (κ2) is 10.3. The van der Waals surface area contributed by atoms with Gasteiger partial charge in [0, 0.05) is 18.2 Å². The van der Waals surface area contributed by atoms with Gasteiger partial charge in [-0.2, -0.15) is 0 Å². The Kier molecular flexibility index (Phi) is 7.23. The molecule has 0 aliphatic carbocycles. The van der Waals surface area contributed by atoms with Crippen LogP contribution in [0, 0.1) is 0 Å². The zero-order valence-corrected chi connectivity index (χ0v) is 19.7. The van der Waals surface area contributed by atoms with E-state index in [-0.39, 0.29) is 31.1 Å². The van der Waals surface area contributed by atoms with Crippen LogP contribution in [0.5, 0.6) is 0 Å². The van der Waals surface area contributed by atoms with Gasteiger partial charge >= 0.3 is 11.9 Å². The van der Waals surface area contributed by atoms with E-state index in [2.05, 4.69) is 5.32 Å². The summed E-state index contributed by atoms with van der Waals surface area (Å²) >= 11 is 1.24. The Hall–Kier alpha value is -3.63. The predicted molar refractivity (Wildman–Crippen MR) is 127 cm³/mol. The Balaban J connectivity index is 1.61. The molecule has 0 saturated carbocycles. The van der Waals surface area contributed by atoms with Gasteiger partial charge in [0.05, 0.1) is 13.0 Å². The number of fused-ring (bicyclic) bond motifs is 1. The molecule has 2 amide bonds. The highest BCUT2D eigenvalue weighted by Crippen LogP contribution is 2.47. The van der Waals surface area contributed by atoms with Crippen molar-refractivity contribution < 1.29 is 33.8 Å². The first-order chi connectivity index (χ1) is 16.8. The van der Waals surface area contributed by atoms with Crippen LogP contribution in [0.25, 0.3) is 0 Å². The van der Waals surface area contributed by atoms with Gasteiger partial charge in [0.2, 0.25) is 5.91 Å². The first-order valence-electron chi connectivity index (χ1n) is 10.9. The minimum Gasteiger partial charge on any atom is -0.477 e. The topological polar surface area (TPSA) is 122 Å². The standard InChI is InChI=1S/C25H24N2O7S/c1-16(28)33-14-19-15-35-24-25(23(32)27(24)21(19)22(30)31,34-13-18-10-6-3-7-11-18)26-20(29)12-17-8-4-2-5-9-17/h2-11,24H,12-15H2,1H3,(H,26,29)(H,30,31)/t24-,25?/m1/s1. The normalized spacial score (nSPS) is 21.1. The van der Waals surface area contributed by atoms with E-state index in [9.17, 15) is 24.3 Å². The van der Waals surface area contributed by atoms with Gasteiger partial charge in [0.1, 0.15) is 17.7 Å². The molecule has 0 spiro atoms. The van der Waals surface area contributed by atoms with Gasteiger partial charge in [-0.05, 0) is 11.1 Å². The molecule has 1 unspecified atom stereocenters. The monoisotopic (exact) mass is 496 g/mol. The molecule has 4 rings (SSSR count). The molecule has 2 N–H and O–H groups in total. The van der Waals surface area contributed by atoms with Crippen LogP contribution < -0.4 is 5.32 Å². The first-order valence-corrected chi connectivity index (χ1v) is 11.9. The quantitative estimate of drug-likeness (QED) is 0.307. The Bertz CT molecular complexity index is 1170. The predicted octanol–water partition coefficient (Wildman–Crippen LogP) is 2.08. The molecule has 1 saturated heterocycles. The van der Waals surface area contributed by atoms with Crippen molar-refractivity contribution in [1.29, 1.82) is 0 Å². The summed E-state index contributed by atoms with van der Waals surface area (Å²) in [6.07, 6.45) is 0.0290. The van der Waals surface area contributed by atoms with Gasteiger partial charge in [-0.25, -0.2) is 4.79 Å². The van der Waals surface area contributed by atoms with Crippen molar-refractivity contribution in [2.45, 2.75) is 31.1 Å². The number of ether oxygens (including phenoxy) is 2. The van der Waals surface area contributed by atoms with E-state index in [0.717, 1.165) is 16.0 Å². The smallest absolute Gasteiger partial charge is 0.352 e. The number of β-lactam (4-membered cyclic amide) rings is 1. The summed E-state index contributed by atoms with van der Waals surface area (Å²) < 4.78 is 11.0. The summed E-state index contributed by atoms with van der Waals surface area (Å²) in [6, 6.07) is 18.2. The Morgan fingerprint density at radius 3 is 2.29 bits per heavy atom. The number of carboxylic acid groups (broad SMARTS) is 1. The Morgan fingerprint density at radius 1 is 1.06 bits per heavy atom. The number of hydrogen-bond donors (Lipinski definition) is 2. The van der Waals surface area contributed by atoms with Gasteiger partial charge in [-0.3, -0.25) is 19.3 Å². The van der Waals surface area contributed by atoms with E-state index >= 15 is 0 Å². The maximum absolute atomic E-state index is 13.5. The van der Waals surface area contributed by atoms with Crippen LogP contribution in [-0.4, -0.2) is 57.2 Å². The van der Waals surface area contributed by atoms with Crippen molar-refractivity contribution in [2.75, 3.05) is 12.4 Å². The maximum Gasteiger partial charge on any atom is 0.352 e. The number of nitrogens with one attached hydrogen (secondary N) is 1. The summed E-state index contributed by atoms with van der Waals surface area (Å²) in [6.45, 7) is 1.02. The second-order valence-electron chi connectivity index (χ2n) is 8.10. The number of rotatable bonds is 9. The molecule has 2 aromatic carbocycles. The lowest BCUT2D eigenvalue weighted by Crippen LogP contribution is -2.81. The fraction of sp³-hybridized carbons (Fsp3) is 0.280. The third-order valence-electron chi connectivity index (χ3n) is 5.60. The molecular weight excluding hydrogens is 472 g/mol. The summed E-state index contributed by atoms with van der Waals surface area (Å²) in [5, 5.41) is 11.8. The molecule has 2 aromatic rings. The fourth-order valence-corrected chi connectivity index (χ4v) is 5.37. The Morgan fingerprint density at radius 2 is 1.69 bits per heavy atom. The molecule has 0 radical (unpaired) electrons. The van der Waals surface area contributed by atoms with Crippen LogP contribution in [0.3, 0.4) is 0 Å². The van der Waals surface area contributed by atoms with Gasteiger partial charge in [0.25, 0.3) is 11.6 Å². The molecular formula is C25H24N2O7S. The highest BCUT2D eigenvalue weighted by molar-refractivity contribution is 8.00. The van der Waals surface area contributed by atoms with Crippen molar-refractivity contribution in [3.8, 4) is 0 Å². The summed E-state index contributed by atoms with van der Waals surface area (Å²) in [4.78, 5) is 50.8. The average Bonchev–Trinajstić information content (AvgIpc) is 2.85. The molecule has 2 aliphatic heterocycles. The van der Waals surface area contributed by atoms with Gasteiger partial charge in [0.15, 0.2) is 0 Å². The number of carbonyl (C=O) groups excluding carboxylic acids is 3. The first kappa shape index (κ1) is 24.5. The molecule has 2 atom stereocenters. The van der Waals surface area contributed by atoms with E-state index < -0.39 is 34.9 Å². The lowest BCUT2D eigenvalue weighted by molar-refractivity contribution is -0.201. The van der Waals surface area contributed by atoms with E-state index in [4.69, 9.17) is 9.47 Å². The van der Waals surface area contributed by atoms with Crippen LogP contribution in [0.1, 0.15) is 18.1 Å². The van der Waals surface area contributed by atoms with E-state index in [1.165, 1.54) is 18.7 Å². The lowest BCUT2D eigenvalue weighted by Gasteiger charge is -2.56. The van der Waals surface area contributed by atoms with Crippen molar-refractivity contribution in [3.63, 3.8) is 0 Å². The van der Waals surface area contributed by atoms with Gasteiger partial charge in [-0.1, -0.05) is 60.7 Å². The van der Waals surface area contributed by atoms with Crippen molar-refractivity contribution >= 4 is 35.5 Å². The molecule has 2 aliphatic rings. The van der Waals surface area contributed by atoms with Crippen LogP contribution in [0.4, 0.5) is 0 Å². The van der Waals surface area contributed by atoms with Crippen LogP contribution in [0.15, 0.2) is 71.9 Å². The Labute approximate surface area is 206 Å². The molecule has 0 bridgehead atoms. The number of carboxylic acids is 1. The summed E-state index contributed by atoms with van der Waals surface area (Å²) in [7, 11) is 0. The molecule has 10 heteroatoms. The zero-order valence-electron chi connectivity index (χ0n) is 18.9. The second-order valence-corrected chi connectivity index (χ2v) is 9.17. The van der Waals surface area contributed by atoms with Gasteiger partial charge < -0.3 is 19.9 Å². The minimum atomic E-state index is -1.74. The molecule has 0 aromatic heterocycles. The number of benzene rings is 2. The molecule has 35 heavy (non-hydrogen) atoms. The van der Waals surface area contributed by atoms with Crippen molar-refractivity contribution in [3.05, 3.63) is 83.1 Å². The van der Waals surface area contributed by atoms with Crippen LogP contribution in [-0.2, 0) is 41.7 Å². The van der Waals surface area contributed by atoms with Gasteiger partial charge in [-0.15, -0.1) is 11.8 Å². The van der Waals surface area contributed by atoms with Crippen LogP contribution >= 0.6 is 11.8 Å². The zero-order chi connectivity index (χ0) is 25.0. The SMILES string of the molecule is CC(=O)OCC1=C(C(=O)O)N2C(=O)C(NC(=O)Cc3ccccc3)(OCc3ccccc3)[C@H]2SC1. The highest BCUT2D eigenvalue weighted by Gasteiger charge is 2.67. The number of aliphatic carboxylic acids is 1. The molecule has 182 valence electrons. The maximum atomic E-state index is 13.5. The van der Waals surface area contributed by atoms with Crippen molar-refractivity contribution in [2.24, 2.45) is 0 Å². The van der Waals surface area contributed by atoms with Crippen LogP contribution in [0.2, 0.25) is 0 Å². The number of thioether (sulfide) groups is 1. The number of nitrogens with zero attached hydrogens (tertiary/aromatic N) is 1. The van der Waals surface area contributed by atoms with E-state index in [0.29, 0.717) is 5.57 Å². The number of esters is 1. The van der Waals surface area contributed by atoms with E-state index in [1.807, 2.05) is 48.5 Å². The van der Waals surface area contributed by atoms with Crippen molar-refractivity contribution in [1.82, 2.24) is 10.2 Å². The number of carbonyl (C=O) groups is 4. The summed E-state index contributed by atoms with van der Waals surface area (Å²) in [5.41, 5.74) is -0.135. The summed E-state index contributed by atoms with van der Waals surface area (Å²) in [5.74, 6) is -2.81. The third kappa shape index (κ3) is 5.08. The third-order valence-corrected chi connectivity index (χ3v) is 6.98. The average molecular weight is 497 g/mol. The largest absolute Gasteiger partial charge is 0.477 e. The molecule has 1 fully saturated rings.